The largest absolute Gasteiger partial charge is 0.457 e. The summed E-state index contributed by atoms with van der Waals surface area (Å²) < 4.78 is 8.01. The van der Waals surface area contributed by atoms with Gasteiger partial charge in [0.15, 0.2) is 0 Å². The number of ether oxygens (including phenoxy) is 1. The summed E-state index contributed by atoms with van der Waals surface area (Å²) in [5.74, 6) is 1.90. The van der Waals surface area contributed by atoms with E-state index in [4.69, 9.17) is 22.1 Å². The van der Waals surface area contributed by atoms with Crippen LogP contribution >= 0.6 is 11.6 Å². The number of aromatic nitrogens is 3. The lowest BCUT2D eigenvalue weighted by molar-refractivity contribution is 0.408. The summed E-state index contributed by atoms with van der Waals surface area (Å²) in [4.78, 5) is 8.66. The van der Waals surface area contributed by atoms with Crippen LogP contribution in [0.2, 0.25) is 5.02 Å². The minimum atomic E-state index is -0.132. The number of hydrogen-bond acceptors (Lipinski definition) is 4. The lowest BCUT2D eigenvalue weighted by Crippen LogP contribution is -2.21. The van der Waals surface area contributed by atoms with Gasteiger partial charge in [-0.2, -0.15) is 0 Å². The van der Waals surface area contributed by atoms with E-state index in [0.717, 1.165) is 27.9 Å². The highest BCUT2D eigenvalue weighted by Crippen LogP contribution is 2.36. The molecule has 2 aromatic heterocycles. The minimum Gasteiger partial charge on any atom is -0.457 e. The van der Waals surface area contributed by atoms with Crippen LogP contribution in [0.15, 0.2) is 61.1 Å². The van der Waals surface area contributed by atoms with Crippen molar-refractivity contribution in [3.8, 4) is 22.6 Å². The van der Waals surface area contributed by atoms with Crippen molar-refractivity contribution in [3.63, 3.8) is 0 Å². The maximum atomic E-state index is 6.20. The molecule has 2 N–H and O–H groups in total. The molecule has 0 aliphatic carbocycles. The van der Waals surface area contributed by atoms with Crippen molar-refractivity contribution < 1.29 is 4.74 Å². The van der Waals surface area contributed by atoms with Crippen molar-refractivity contribution in [2.75, 3.05) is 5.73 Å². The van der Waals surface area contributed by atoms with E-state index < -0.39 is 0 Å². The first-order valence-electron chi connectivity index (χ1n) is 8.99. The van der Waals surface area contributed by atoms with E-state index in [0.29, 0.717) is 16.6 Å². The normalized spacial score (nSPS) is 11.7. The predicted octanol–water partition coefficient (Wildman–Crippen LogP) is 5.88. The molecule has 142 valence electrons. The highest BCUT2D eigenvalue weighted by atomic mass is 35.5. The Morgan fingerprint density at radius 2 is 1.75 bits per heavy atom. The van der Waals surface area contributed by atoms with Crippen molar-refractivity contribution in [2.24, 2.45) is 0 Å². The van der Waals surface area contributed by atoms with Gasteiger partial charge in [0.2, 0.25) is 0 Å². The standard InChI is InChI=1S/C22H21ClN4O/c1-22(2,3)27-12-18(19-20(24)25-13-26-21(19)27)14-7-9-16(10-8-14)28-17-6-4-5-15(23)11-17/h4-13H,1-3H3,(H2,24,25,26). The summed E-state index contributed by atoms with van der Waals surface area (Å²) in [6.07, 6.45) is 3.59. The van der Waals surface area contributed by atoms with Gasteiger partial charge >= 0.3 is 0 Å². The second-order valence-electron chi connectivity index (χ2n) is 7.62. The van der Waals surface area contributed by atoms with Gasteiger partial charge < -0.3 is 15.0 Å². The second kappa shape index (κ2) is 6.84. The molecule has 4 aromatic rings. The molecule has 4 rings (SSSR count). The highest BCUT2D eigenvalue weighted by Gasteiger charge is 2.21. The van der Waals surface area contributed by atoms with Crippen LogP contribution in [-0.2, 0) is 5.54 Å². The number of hydrogen-bond donors (Lipinski definition) is 1. The van der Waals surface area contributed by atoms with Gasteiger partial charge in [-0.15, -0.1) is 0 Å². The molecular formula is C22H21ClN4O. The van der Waals surface area contributed by atoms with Crippen LogP contribution in [0.25, 0.3) is 22.2 Å². The third-order valence-corrected chi connectivity index (χ3v) is 4.77. The molecule has 0 saturated carbocycles. The van der Waals surface area contributed by atoms with Gasteiger partial charge in [-0.05, 0) is 56.7 Å². The van der Waals surface area contributed by atoms with Crippen LogP contribution in [-0.4, -0.2) is 14.5 Å². The number of nitrogen functional groups attached to an aromatic ring is 1. The summed E-state index contributed by atoms with van der Waals surface area (Å²) in [6.45, 7) is 6.41. The Morgan fingerprint density at radius 3 is 2.43 bits per heavy atom. The number of anilines is 1. The number of fused-ring (bicyclic) bond motifs is 1. The zero-order valence-electron chi connectivity index (χ0n) is 16.0. The molecule has 2 aromatic carbocycles. The fraction of sp³-hybridized carbons (Fsp3) is 0.182. The number of halogens is 1. The van der Waals surface area contributed by atoms with Crippen molar-refractivity contribution in [1.82, 2.24) is 14.5 Å². The van der Waals surface area contributed by atoms with Crippen LogP contribution in [0.5, 0.6) is 11.5 Å². The Morgan fingerprint density at radius 1 is 1.00 bits per heavy atom. The molecule has 0 radical (unpaired) electrons. The van der Waals surface area contributed by atoms with Gasteiger partial charge in [0, 0.05) is 22.3 Å². The van der Waals surface area contributed by atoms with Gasteiger partial charge in [-0.1, -0.05) is 29.8 Å². The van der Waals surface area contributed by atoms with Crippen molar-refractivity contribution >= 4 is 28.5 Å². The van der Waals surface area contributed by atoms with Gasteiger partial charge in [0.25, 0.3) is 0 Å². The molecule has 28 heavy (non-hydrogen) atoms. The quantitative estimate of drug-likeness (QED) is 0.472. The number of nitrogens with two attached hydrogens (primary N) is 1. The number of benzene rings is 2. The second-order valence-corrected chi connectivity index (χ2v) is 8.06. The Kier molecular flexibility index (Phi) is 4.47. The monoisotopic (exact) mass is 392 g/mol. The van der Waals surface area contributed by atoms with E-state index in [1.165, 1.54) is 6.33 Å². The first kappa shape index (κ1) is 18.3. The van der Waals surface area contributed by atoms with E-state index in [1.54, 1.807) is 6.07 Å². The van der Waals surface area contributed by atoms with E-state index in [2.05, 4.69) is 41.5 Å². The molecule has 0 saturated heterocycles. The Balaban J connectivity index is 1.74. The SMILES string of the molecule is CC(C)(C)n1cc(-c2ccc(Oc3cccc(Cl)c3)cc2)c2c(N)ncnc21. The molecular weight excluding hydrogens is 372 g/mol. The lowest BCUT2D eigenvalue weighted by atomic mass is 10.1. The minimum absolute atomic E-state index is 0.132. The maximum absolute atomic E-state index is 6.20. The summed E-state index contributed by atoms with van der Waals surface area (Å²) in [5.41, 5.74) is 8.91. The zero-order chi connectivity index (χ0) is 19.9. The van der Waals surface area contributed by atoms with E-state index in [1.807, 2.05) is 42.5 Å². The molecule has 0 bridgehead atoms. The molecule has 0 aliphatic heterocycles. The fourth-order valence-electron chi connectivity index (χ4n) is 3.18. The molecule has 2 heterocycles. The molecule has 0 amide bonds. The van der Waals surface area contributed by atoms with Gasteiger partial charge in [0.1, 0.15) is 29.3 Å². The van der Waals surface area contributed by atoms with Gasteiger partial charge in [-0.3, -0.25) is 0 Å². The Labute approximate surface area is 168 Å². The molecule has 0 unspecified atom stereocenters. The zero-order valence-corrected chi connectivity index (χ0v) is 16.7. The third kappa shape index (κ3) is 3.41. The van der Waals surface area contributed by atoms with Crippen molar-refractivity contribution in [2.45, 2.75) is 26.3 Å². The smallest absolute Gasteiger partial charge is 0.146 e. The molecule has 0 atom stereocenters. The third-order valence-electron chi connectivity index (χ3n) is 4.53. The van der Waals surface area contributed by atoms with Crippen LogP contribution < -0.4 is 10.5 Å². The topological polar surface area (TPSA) is 66.0 Å². The Hall–Kier alpha value is -3.05. The number of nitrogens with zero attached hydrogens (tertiary/aromatic N) is 3. The van der Waals surface area contributed by atoms with E-state index in [9.17, 15) is 0 Å². The van der Waals surface area contributed by atoms with Crippen molar-refractivity contribution in [1.29, 1.82) is 0 Å². The van der Waals surface area contributed by atoms with E-state index >= 15 is 0 Å². The summed E-state index contributed by atoms with van der Waals surface area (Å²) in [5, 5.41) is 1.50. The highest BCUT2D eigenvalue weighted by molar-refractivity contribution is 6.30. The van der Waals surface area contributed by atoms with Crippen LogP contribution in [0.3, 0.4) is 0 Å². The summed E-state index contributed by atoms with van der Waals surface area (Å²) >= 11 is 6.02. The molecule has 0 spiro atoms. The summed E-state index contributed by atoms with van der Waals surface area (Å²) in [6, 6.07) is 15.2. The first-order chi connectivity index (χ1) is 13.3. The van der Waals surface area contributed by atoms with Crippen LogP contribution in [0, 0.1) is 0 Å². The van der Waals surface area contributed by atoms with Crippen molar-refractivity contribution in [3.05, 3.63) is 66.1 Å². The molecule has 6 heteroatoms. The first-order valence-corrected chi connectivity index (χ1v) is 9.36. The Bertz CT molecular complexity index is 1140. The molecule has 5 nitrogen and oxygen atoms in total. The summed E-state index contributed by atoms with van der Waals surface area (Å²) in [7, 11) is 0. The van der Waals surface area contributed by atoms with Crippen LogP contribution in [0.1, 0.15) is 20.8 Å². The lowest BCUT2D eigenvalue weighted by Gasteiger charge is -2.21. The van der Waals surface area contributed by atoms with Gasteiger partial charge in [-0.25, -0.2) is 9.97 Å². The predicted molar refractivity (Wildman–Crippen MR) is 114 cm³/mol. The average molecular weight is 393 g/mol. The molecule has 0 aliphatic rings. The number of rotatable bonds is 3. The fourth-order valence-corrected chi connectivity index (χ4v) is 3.36. The van der Waals surface area contributed by atoms with E-state index in [-0.39, 0.29) is 5.54 Å². The maximum Gasteiger partial charge on any atom is 0.146 e. The average Bonchev–Trinajstić information content (AvgIpc) is 3.04. The van der Waals surface area contributed by atoms with Crippen LogP contribution in [0.4, 0.5) is 5.82 Å². The molecule has 0 fully saturated rings. The van der Waals surface area contributed by atoms with Gasteiger partial charge in [0.05, 0.1) is 5.39 Å².